The van der Waals surface area contributed by atoms with E-state index in [2.05, 4.69) is 17.9 Å². The molecule has 0 spiro atoms. The first kappa shape index (κ1) is 15.8. The molecule has 0 radical (unpaired) electrons. The van der Waals surface area contributed by atoms with Crippen molar-refractivity contribution in [3.05, 3.63) is 0 Å². The molecule has 0 bridgehead atoms. The van der Waals surface area contributed by atoms with Gasteiger partial charge in [-0.05, 0) is 12.8 Å². The zero-order valence-electron chi connectivity index (χ0n) is 11.4. The SMILES string of the molecule is CC(=O)NC(CS)C(=O)N(C)CC(=O)N1CCCC1. The molecule has 1 aliphatic heterocycles. The van der Waals surface area contributed by atoms with E-state index in [1.807, 2.05) is 0 Å². The largest absolute Gasteiger partial charge is 0.344 e. The van der Waals surface area contributed by atoms with Crippen LogP contribution in [-0.4, -0.2) is 66.0 Å². The molecule has 1 heterocycles. The number of likely N-dealkylation sites (N-methyl/N-ethyl adjacent to an activating group) is 1. The van der Waals surface area contributed by atoms with Crippen LogP contribution in [0, 0.1) is 0 Å². The van der Waals surface area contributed by atoms with Crippen LogP contribution in [0.3, 0.4) is 0 Å². The van der Waals surface area contributed by atoms with E-state index in [0.29, 0.717) is 0 Å². The normalized spacial score (nSPS) is 16.1. The standard InChI is InChI=1S/C12H21N3O3S/c1-9(16)13-10(8-19)12(18)14(2)7-11(17)15-5-3-4-6-15/h10,19H,3-8H2,1-2H3,(H,13,16). The second kappa shape index (κ2) is 7.37. The molecular formula is C12H21N3O3S. The summed E-state index contributed by atoms with van der Waals surface area (Å²) in [7, 11) is 1.56. The van der Waals surface area contributed by atoms with E-state index < -0.39 is 6.04 Å². The lowest BCUT2D eigenvalue weighted by atomic mass is 10.3. The maximum absolute atomic E-state index is 12.1. The molecule has 1 rings (SSSR count). The molecule has 1 aliphatic rings. The van der Waals surface area contributed by atoms with Crippen LogP contribution in [0.2, 0.25) is 0 Å². The first-order valence-corrected chi connectivity index (χ1v) is 6.99. The van der Waals surface area contributed by atoms with Gasteiger partial charge in [0.25, 0.3) is 0 Å². The Morgan fingerprint density at radius 1 is 1.32 bits per heavy atom. The number of carbonyl (C=O) groups is 3. The highest BCUT2D eigenvalue weighted by molar-refractivity contribution is 7.80. The number of nitrogens with zero attached hydrogens (tertiary/aromatic N) is 2. The molecule has 1 unspecified atom stereocenters. The predicted octanol–water partition coefficient (Wildman–Crippen LogP) is -0.498. The molecule has 3 amide bonds. The quantitative estimate of drug-likeness (QED) is 0.670. The molecule has 0 aromatic rings. The highest BCUT2D eigenvalue weighted by atomic mass is 32.1. The second-order valence-corrected chi connectivity index (χ2v) is 5.08. The fraction of sp³-hybridized carbons (Fsp3) is 0.750. The van der Waals surface area contributed by atoms with Gasteiger partial charge in [-0.2, -0.15) is 12.6 Å². The maximum Gasteiger partial charge on any atom is 0.246 e. The lowest BCUT2D eigenvalue weighted by Gasteiger charge is -2.25. The van der Waals surface area contributed by atoms with E-state index in [1.165, 1.54) is 11.8 Å². The third kappa shape index (κ3) is 4.74. The molecular weight excluding hydrogens is 266 g/mol. The molecule has 0 aromatic carbocycles. The van der Waals surface area contributed by atoms with Crippen molar-refractivity contribution in [2.45, 2.75) is 25.8 Å². The molecule has 1 atom stereocenters. The molecule has 108 valence electrons. The number of carbonyl (C=O) groups excluding carboxylic acids is 3. The van der Waals surface area contributed by atoms with Gasteiger partial charge in [-0.15, -0.1) is 0 Å². The van der Waals surface area contributed by atoms with Crippen molar-refractivity contribution >= 4 is 30.4 Å². The van der Waals surface area contributed by atoms with Gasteiger partial charge in [0, 0.05) is 32.8 Å². The minimum Gasteiger partial charge on any atom is -0.344 e. The summed E-state index contributed by atoms with van der Waals surface area (Å²) in [5, 5.41) is 2.52. The summed E-state index contributed by atoms with van der Waals surface area (Å²) in [5.74, 6) is -0.417. The van der Waals surface area contributed by atoms with Crippen LogP contribution in [0.25, 0.3) is 0 Å². The predicted molar refractivity (Wildman–Crippen MR) is 74.9 cm³/mol. The van der Waals surface area contributed by atoms with Gasteiger partial charge in [0.1, 0.15) is 6.04 Å². The van der Waals surface area contributed by atoms with Crippen LogP contribution >= 0.6 is 12.6 Å². The summed E-state index contributed by atoms with van der Waals surface area (Å²) < 4.78 is 0. The summed E-state index contributed by atoms with van der Waals surface area (Å²) in [4.78, 5) is 38.1. The van der Waals surface area contributed by atoms with Gasteiger partial charge in [0.2, 0.25) is 17.7 Å². The molecule has 19 heavy (non-hydrogen) atoms. The van der Waals surface area contributed by atoms with Gasteiger partial charge < -0.3 is 15.1 Å². The fourth-order valence-corrected chi connectivity index (χ4v) is 2.29. The summed E-state index contributed by atoms with van der Waals surface area (Å²) in [6, 6.07) is -0.683. The Hall–Kier alpha value is -1.24. The molecule has 1 fully saturated rings. The number of amides is 3. The van der Waals surface area contributed by atoms with Gasteiger partial charge in [-0.3, -0.25) is 14.4 Å². The van der Waals surface area contributed by atoms with E-state index in [-0.39, 0.29) is 30.0 Å². The number of thiol groups is 1. The van der Waals surface area contributed by atoms with Crippen LogP contribution in [0.1, 0.15) is 19.8 Å². The zero-order valence-corrected chi connectivity index (χ0v) is 12.3. The van der Waals surface area contributed by atoms with Gasteiger partial charge >= 0.3 is 0 Å². The van der Waals surface area contributed by atoms with Crippen LogP contribution in [0.4, 0.5) is 0 Å². The number of hydrogen-bond acceptors (Lipinski definition) is 4. The van der Waals surface area contributed by atoms with Gasteiger partial charge in [-0.25, -0.2) is 0 Å². The van der Waals surface area contributed by atoms with E-state index in [9.17, 15) is 14.4 Å². The monoisotopic (exact) mass is 287 g/mol. The molecule has 7 heteroatoms. The van der Waals surface area contributed by atoms with Crippen molar-refractivity contribution in [3.63, 3.8) is 0 Å². The fourth-order valence-electron chi connectivity index (χ4n) is 2.04. The third-order valence-corrected chi connectivity index (χ3v) is 3.43. The Balaban J connectivity index is 2.50. The van der Waals surface area contributed by atoms with Crippen molar-refractivity contribution in [1.82, 2.24) is 15.1 Å². The van der Waals surface area contributed by atoms with Crippen molar-refractivity contribution in [3.8, 4) is 0 Å². The Morgan fingerprint density at radius 3 is 2.37 bits per heavy atom. The molecule has 1 N–H and O–H groups in total. The number of rotatable bonds is 5. The maximum atomic E-state index is 12.1. The third-order valence-electron chi connectivity index (χ3n) is 3.07. The molecule has 0 saturated carbocycles. The van der Waals surface area contributed by atoms with Gasteiger partial charge in [0.15, 0.2) is 0 Å². The van der Waals surface area contributed by atoms with E-state index in [0.717, 1.165) is 25.9 Å². The molecule has 0 aliphatic carbocycles. The van der Waals surface area contributed by atoms with Crippen molar-refractivity contribution in [2.24, 2.45) is 0 Å². The minimum absolute atomic E-state index is 0.0443. The smallest absolute Gasteiger partial charge is 0.246 e. The van der Waals surface area contributed by atoms with Crippen molar-refractivity contribution in [1.29, 1.82) is 0 Å². The van der Waals surface area contributed by atoms with E-state index in [4.69, 9.17) is 0 Å². The molecule has 1 saturated heterocycles. The van der Waals surface area contributed by atoms with Gasteiger partial charge in [-0.1, -0.05) is 0 Å². The number of hydrogen-bond donors (Lipinski definition) is 2. The zero-order chi connectivity index (χ0) is 14.4. The Labute approximate surface area is 118 Å². The average molecular weight is 287 g/mol. The van der Waals surface area contributed by atoms with Gasteiger partial charge in [0.05, 0.1) is 6.54 Å². The highest BCUT2D eigenvalue weighted by Gasteiger charge is 2.25. The first-order chi connectivity index (χ1) is 8.95. The van der Waals surface area contributed by atoms with Crippen LogP contribution in [0.15, 0.2) is 0 Å². The highest BCUT2D eigenvalue weighted by Crippen LogP contribution is 2.08. The number of likely N-dealkylation sites (tertiary alicyclic amines) is 1. The van der Waals surface area contributed by atoms with Crippen LogP contribution in [0.5, 0.6) is 0 Å². The average Bonchev–Trinajstić information content (AvgIpc) is 2.88. The molecule has 0 aromatic heterocycles. The summed E-state index contributed by atoms with van der Waals surface area (Å²) >= 11 is 4.04. The van der Waals surface area contributed by atoms with Crippen molar-refractivity contribution in [2.75, 3.05) is 32.4 Å². The summed E-state index contributed by atoms with van der Waals surface area (Å²) in [5.41, 5.74) is 0. The van der Waals surface area contributed by atoms with Crippen LogP contribution in [-0.2, 0) is 14.4 Å². The minimum atomic E-state index is -0.683. The Morgan fingerprint density at radius 2 is 1.89 bits per heavy atom. The Bertz CT molecular complexity index is 356. The Kier molecular flexibility index (Phi) is 6.14. The number of nitrogens with one attached hydrogen (secondary N) is 1. The lowest BCUT2D eigenvalue weighted by molar-refractivity contribution is -0.140. The summed E-state index contributed by atoms with van der Waals surface area (Å²) in [6.07, 6.45) is 2.04. The molecule has 6 nitrogen and oxygen atoms in total. The second-order valence-electron chi connectivity index (χ2n) is 4.72. The van der Waals surface area contributed by atoms with Crippen molar-refractivity contribution < 1.29 is 14.4 Å². The first-order valence-electron chi connectivity index (χ1n) is 6.36. The van der Waals surface area contributed by atoms with E-state index in [1.54, 1.807) is 11.9 Å². The van der Waals surface area contributed by atoms with Crippen LogP contribution < -0.4 is 5.32 Å². The lowest BCUT2D eigenvalue weighted by Crippen LogP contribution is -2.50. The topological polar surface area (TPSA) is 69.7 Å². The summed E-state index contributed by atoms with van der Waals surface area (Å²) in [6.45, 7) is 2.92. The van der Waals surface area contributed by atoms with E-state index >= 15 is 0 Å².